The van der Waals surface area contributed by atoms with Crippen LogP contribution in [0.15, 0.2) is 24.3 Å². The maximum Gasteiger partial charge on any atom is -0.0735 e. The lowest BCUT2D eigenvalue weighted by Crippen LogP contribution is -2.05. The van der Waals surface area contributed by atoms with Crippen molar-refractivity contribution in [2.24, 2.45) is 0 Å². The molecule has 0 unspecified atom stereocenters. The largest absolute Gasteiger partial charge is 0.178 e. The Morgan fingerprint density at radius 3 is 2.88 bits per heavy atom. The number of benzene rings is 1. The maximum atomic E-state index is 5.38. The molecule has 0 atom stereocenters. The van der Waals surface area contributed by atoms with E-state index < -0.39 is 0 Å². The van der Waals surface area contributed by atoms with Crippen molar-refractivity contribution in [1.29, 1.82) is 0 Å². The van der Waals surface area contributed by atoms with Gasteiger partial charge in [0.2, 0.25) is 0 Å². The lowest BCUT2D eigenvalue weighted by Gasteiger charge is -1.87. The van der Waals surface area contributed by atoms with Crippen LogP contribution in [0.2, 0.25) is 0 Å². The molecule has 8 heavy (non-hydrogen) atoms. The van der Waals surface area contributed by atoms with E-state index in [1.165, 1.54) is 0 Å². The molecule has 0 bridgehead atoms. The van der Waals surface area contributed by atoms with Gasteiger partial charge < -0.3 is 0 Å². The number of hydrogen-bond acceptors (Lipinski definition) is 0. The van der Waals surface area contributed by atoms with Gasteiger partial charge in [-0.3, -0.25) is 0 Å². The van der Waals surface area contributed by atoms with Crippen LogP contribution in [0.3, 0.4) is 0 Å². The summed E-state index contributed by atoms with van der Waals surface area (Å²) >= 11 is 0. The minimum absolute atomic E-state index is 0.713. The van der Waals surface area contributed by atoms with Gasteiger partial charge >= 0.3 is 0 Å². The summed E-state index contributed by atoms with van der Waals surface area (Å²) in [6.07, 6.45) is 0. The zero-order chi connectivity index (χ0) is 5.98. The molecule has 0 heterocycles. The highest BCUT2D eigenvalue weighted by molar-refractivity contribution is 5.14. The van der Waals surface area contributed by atoms with E-state index in [0.29, 0.717) is 10.4 Å². The molecular formula is C8H6. The second-order valence-corrected chi connectivity index (χ2v) is 1.67. The van der Waals surface area contributed by atoms with Crippen molar-refractivity contribution in [1.82, 2.24) is 0 Å². The molecule has 0 spiro atoms. The van der Waals surface area contributed by atoms with Crippen LogP contribution in [0.4, 0.5) is 0 Å². The topological polar surface area (TPSA) is 0 Å². The molecule has 0 saturated carbocycles. The minimum atomic E-state index is 0.713. The van der Waals surface area contributed by atoms with E-state index in [4.69, 9.17) is 13.2 Å². The molecule has 0 radical (unpaired) electrons. The van der Waals surface area contributed by atoms with E-state index >= 15 is 0 Å². The third-order valence-corrected chi connectivity index (χ3v) is 0.911. The van der Waals surface area contributed by atoms with E-state index in [2.05, 4.69) is 0 Å². The molecule has 38 valence electrons. The molecule has 1 aromatic carbocycles. The van der Waals surface area contributed by atoms with Crippen molar-refractivity contribution in [3.63, 3.8) is 0 Å². The molecule has 0 N–H and O–H groups in total. The molecule has 0 fully saturated rings. The van der Waals surface area contributed by atoms with Crippen LogP contribution >= 0.6 is 0 Å². The first-order chi connectivity index (χ1) is 3.79. The van der Waals surface area contributed by atoms with Crippen molar-refractivity contribution >= 4 is 13.2 Å². The van der Waals surface area contributed by atoms with Crippen LogP contribution in [0.5, 0.6) is 0 Å². The summed E-state index contributed by atoms with van der Waals surface area (Å²) < 4.78 is 0. The van der Waals surface area contributed by atoms with Gasteiger partial charge in [0.15, 0.2) is 0 Å². The normalized spacial score (nSPS) is 8.88. The van der Waals surface area contributed by atoms with Crippen LogP contribution in [0, 0.1) is 0 Å². The van der Waals surface area contributed by atoms with Gasteiger partial charge in [0.05, 0.1) is 0 Å². The minimum Gasteiger partial charge on any atom is -0.178 e. The van der Waals surface area contributed by atoms with Gasteiger partial charge in [-0.25, -0.2) is 0 Å². The predicted molar refractivity (Wildman–Crippen MR) is 34.6 cm³/mol. The van der Waals surface area contributed by atoms with Crippen LogP contribution in [0.1, 0.15) is 0 Å². The molecule has 1 rings (SSSR count). The summed E-state index contributed by atoms with van der Waals surface area (Å²) in [7, 11) is 0. The molecule has 0 aliphatic heterocycles. The smallest absolute Gasteiger partial charge is 0.0735 e. The molecule has 0 heteroatoms. The van der Waals surface area contributed by atoms with Crippen molar-refractivity contribution in [3.8, 4) is 0 Å². The number of hydrogen-bond donors (Lipinski definition) is 0. The van der Waals surface area contributed by atoms with Crippen LogP contribution < -0.4 is 10.4 Å². The Labute approximate surface area is 48.8 Å². The van der Waals surface area contributed by atoms with Crippen LogP contribution in [-0.4, -0.2) is 0 Å². The highest BCUT2D eigenvalue weighted by atomic mass is 13.8. The van der Waals surface area contributed by atoms with Gasteiger partial charge in [0.1, 0.15) is 0 Å². The Balaban J connectivity index is 3.50. The molecule has 0 aliphatic carbocycles. The standard InChI is InChI=1S/C8H6/c1-7-4-3-5-8(2)6-7/h1-6H. The van der Waals surface area contributed by atoms with Crippen LogP contribution in [0.25, 0.3) is 13.2 Å². The van der Waals surface area contributed by atoms with Crippen LogP contribution in [-0.2, 0) is 0 Å². The summed E-state index contributed by atoms with van der Waals surface area (Å²) in [6.45, 7) is 10.8. The average Bonchev–Trinajstić information content (AvgIpc) is 1.64. The van der Waals surface area contributed by atoms with Gasteiger partial charge in [-0.1, -0.05) is 5.22 Å². The van der Waals surface area contributed by atoms with E-state index in [1.807, 2.05) is 6.07 Å². The Hall–Kier alpha value is -1.13. The average molecular weight is 102 g/mol. The second-order valence-electron chi connectivity index (χ2n) is 1.67. The summed E-state index contributed by atoms with van der Waals surface area (Å²) in [5, 5.41) is 1.43. The van der Waals surface area contributed by atoms with Gasteiger partial charge in [-0.05, 0) is 0 Å². The molecule has 0 aliphatic rings. The highest BCUT2D eigenvalue weighted by Gasteiger charge is 1.61. The zero-order valence-electron chi connectivity index (χ0n) is 4.46. The molecule has 0 amide bonds. The lowest BCUT2D eigenvalue weighted by atomic mass is 10.3. The van der Waals surface area contributed by atoms with E-state index in [1.54, 1.807) is 18.2 Å². The Morgan fingerprint density at radius 2 is 2.50 bits per heavy atom. The SMILES string of the molecule is [CH+]=c1cc[cH+]c(=[CH-])[cH-]1. The Morgan fingerprint density at radius 1 is 1.75 bits per heavy atom. The maximum absolute atomic E-state index is 5.38. The number of rotatable bonds is 0. The van der Waals surface area contributed by atoms with E-state index in [9.17, 15) is 0 Å². The summed E-state index contributed by atoms with van der Waals surface area (Å²) in [5.41, 5.74) is 0. The van der Waals surface area contributed by atoms with Gasteiger partial charge in [0, 0.05) is 0 Å². The molecular weight excluding hydrogens is 96.1 g/mol. The first kappa shape index (κ1) is 5.02. The van der Waals surface area contributed by atoms with Gasteiger partial charge in [-0.15, -0.1) is 24.3 Å². The van der Waals surface area contributed by atoms with Crippen molar-refractivity contribution in [3.05, 3.63) is 34.7 Å². The van der Waals surface area contributed by atoms with Crippen molar-refractivity contribution in [2.75, 3.05) is 0 Å². The molecule has 1 aromatic rings. The summed E-state index contributed by atoms with van der Waals surface area (Å²) in [4.78, 5) is 0. The van der Waals surface area contributed by atoms with Crippen molar-refractivity contribution < 1.29 is 0 Å². The van der Waals surface area contributed by atoms with E-state index in [0.717, 1.165) is 0 Å². The fourth-order valence-electron chi connectivity index (χ4n) is 0.559. The fourth-order valence-corrected chi connectivity index (χ4v) is 0.559. The Kier molecular flexibility index (Phi) is 1.11. The third kappa shape index (κ3) is 0.927. The summed E-state index contributed by atoms with van der Waals surface area (Å²) in [6, 6.07) is 7.15. The third-order valence-electron chi connectivity index (χ3n) is 0.911. The first-order valence-corrected chi connectivity index (χ1v) is 2.40. The van der Waals surface area contributed by atoms with Crippen molar-refractivity contribution in [2.45, 2.75) is 0 Å². The predicted octanol–water partition coefficient (Wildman–Crippen LogP) is 0.261. The molecule has 0 nitrogen and oxygen atoms in total. The summed E-state index contributed by atoms with van der Waals surface area (Å²) in [5.74, 6) is 0. The zero-order valence-corrected chi connectivity index (χ0v) is 4.46. The monoisotopic (exact) mass is 102 g/mol. The van der Waals surface area contributed by atoms with Gasteiger partial charge in [0.25, 0.3) is 0 Å². The quantitative estimate of drug-likeness (QED) is 0.412. The fraction of sp³-hybridized carbons (Fsp3) is 0. The molecule has 0 saturated heterocycles. The van der Waals surface area contributed by atoms with Gasteiger partial charge in [-0.2, -0.15) is 18.4 Å². The lowest BCUT2D eigenvalue weighted by molar-refractivity contribution is 1.57. The first-order valence-electron chi connectivity index (χ1n) is 2.40. The highest BCUT2D eigenvalue weighted by Crippen LogP contribution is 1.63. The van der Waals surface area contributed by atoms with E-state index in [-0.39, 0.29) is 0 Å². The second kappa shape index (κ2) is 1.77. The Bertz CT molecular complexity index is 234. The molecule has 0 aromatic heterocycles.